The Labute approximate surface area is 219 Å². The van der Waals surface area contributed by atoms with Crippen LogP contribution >= 0.6 is 11.8 Å². The Kier molecular flexibility index (Phi) is 8.28. The third-order valence-electron chi connectivity index (χ3n) is 7.85. The molecule has 2 aliphatic rings. The molecular weight excluding hydrogens is 470 g/mol. The summed E-state index contributed by atoms with van der Waals surface area (Å²) in [5.41, 5.74) is 3.30. The molecule has 0 bridgehead atoms. The van der Waals surface area contributed by atoms with Gasteiger partial charge in [0.1, 0.15) is 5.75 Å². The van der Waals surface area contributed by atoms with E-state index in [2.05, 4.69) is 23.3 Å². The fourth-order valence-electron chi connectivity index (χ4n) is 5.22. The zero-order valence-electron chi connectivity index (χ0n) is 22.4. The van der Waals surface area contributed by atoms with E-state index in [1.54, 1.807) is 18.7 Å². The zero-order valence-corrected chi connectivity index (χ0v) is 23.2. The summed E-state index contributed by atoms with van der Waals surface area (Å²) in [4.78, 5) is 29.2. The van der Waals surface area contributed by atoms with Crippen LogP contribution in [0.15, 0.2) is 41.3 Å². The van der Waals surface area contributed by atoms with Crippen molar-refractivity contribution in [2.75, 3.05) is 32.6 Å². The second kappa shape index (κ2) is 11.1. The van der Waals surface area contributed by atoms with Gasteiger partial charge in [-0.1, -0.05) is 24.3 Å². The molecule has 4 rings (SSSR count). The van der Waals surface area contributed by atoms with Crippen molar-refractivity contribution in [1.82, 2.24) is 4.90 Å². The lowest BCUT2D eigenvalue weighted by Gasteiger charge is -2.34. The molecule has 2 heterocycles. The number of carbonyl (C=O) groups is 2. The van der Waals surface area contributed by atoms with Crippen molar-refractivity contribution in [2.45, 2.75) is 64.0 Å². The van der Waals surface area contributed by atoms with Crippen molar-refractivity contribution in [3.63, 3.8) is 0 Å². The predicted molar refractivity (Wildman–Crippen MR) is 145 cm³/mol. The molecule has 2 saturated heterocycles. The van der Waals surface area contributed by atoms with Gasteiger partial charge >= 0.3 is 0 Å². The minimum absolute atomic E-state index is 0.00632. The first-order valence-electron chi connectivity index (χ1n) is 12.9. The van der Waals surface area contributed by atoms with Gasteiger partial charge in [-0.25, -0.2) is 0 Å². The van der Waals surface area contributed by atoms with Crippen LogP contribution in [0.1, 0.15) is 54.2 Å². The average Bonchev–Trinajstić information content (AvgIpc) is 3.21. The number of likely N-dealkylation sites (tertiary alicyclic amines) is 1. The summed E-state index contributed by atoms with van der Waals surface area (Å²) in [5, 5.41) is 0. The minimum atomic E-state index is -0.850. The van der Waals surface area contributed by atoms with Gasteiger partial charge in [0, 0.05) is 29.5 Å². The zero-order chi connectivity index (χ0) is 26.0. The number of hydrogen-bond donors (Lipinski definition) is 0. The summed E-state index contributed by atoms with van der Waals surface area (Å²) in [6.07, 6.45) is 3.92. The molecular formula is C30H39NO4S. The molecule has 2 aromatic carbocycles. The average molecular weight is 510 g/mol. The first kappa shape index (κ1) is 26.9. The normalized spacial score (nSPS) is 20.8. The molecule has 0 N–H and O–H groups in total. The van der Waals surface area contributed by atoms with Crippen molar-refractivity contribution >= 4 is 23.3 Å². The molecule has 0 aromatic heterocycles. The van der Waals surface area contributed by atoms with E-state index in [9.17, 15) is 9.59 Å². The van der Waals surface area contributed by atoms with Crippen molar-refractivity contribution in [3.8, 4) is 5.75 Å². The fraction of sp³-hybridized carbons (Fsp3) is 0.533. The van der Waals surface area contributed by atoms with Crippen molar-refractivity contribution in [1.29, 1.82) is 0 Å². The Morgan fingerprint density at radius 2 is 1.72 bits per heavy atom. The summed E-state index contributed by atoms with van der Waals surface area (Å²) in [5.74, 6) is 1.38. The molecule has 0 radical (unpaired) electrons. The van der Waals surface area contributed by atoms with Gasteiger partial charge in [-0.15, -0.1) is 11.8 Å². The predicted octanol–water partition coefficient (Wildman–Crippen LogP) is 5.53. The van der Waals surface area contributed by atoms with Gasteiger partial charge in [-0.3, -0.25) is 14.5 Å². The second-order valence-corrected chi connectivity index (χ2v) is 11.8. The van der Waals surface area contributed by atoms with E-state index in [-0.39, 0.29) is 17.5 Å². The Hall–Kier alpha value is -2.15. The molecule has 5 nitrogen and oxygen atoms in total. The van der Waals surface area contributed by atoms with Crippen LogP contribution in [0.2, 0.25) is 0 Å². The molecule has 6 heteroatoms. The highest BCUT2D eigenvalue weighted by Gasteiger charge is 2.41. The van der Waals surface area contributed by atoms with E-state index < -0.39 is 5.60 Å². The van der Waals surface area contributed by atoms with Gasteiger partial charge in [0.05, 0.1) is 19.3 Å². The van der Waals surface area contributed by atoms with E-state index in [1.807, 2.05) is 52.0 Å². The molecule has 2 aromatic rings. The van der Waals surface area contributed by atoms with Crippen LogP contribution in [0.4, 0.5) is 0 Å². The van der Waals surface area contributed by atoms with Gasteiger partial charge in [-0.05, 0) is 88.5 Å². The lowest BCUT2D eigenvalue weighted by molar-refractivity contribution is -0.129. The first-order chi connectivity index (χ1) is 17.1. The summed E-state index contributed by atoms with van der Waals surface area (Å²) in [7, 11) is 0. The number of rotatable bonds is 10. The molecule has 194 valence electrons. The maximum atomic E-state index is 13.6. The minimum Gasteiger partial charge on any atom is -0.480 e. The summed E-state index contributed by atoms with van der Waals surface area (Å²) in [6.45, 7) is 12.6. The number of hydrogen-bond acceptors (Lipinski definition) is 6. The topological polar surface area (TPSA) is 55.8 Å². The van der Waals surface area contributed by atoms with Gasteiger partial charge in [-0.2, -0.15) is 0 Å². The number of aryl methyl sites for hydroxylation is 3. The molecule has 0 spiro atoms. The number of ether oxygens (including phenoxy) is 2. The van der Waals surface area contributed by atoms with Crippen molar-refractivity contribution in [2.24, 2.45) is 11.8 Å². The highest BCUT2D eigenvalue weighted by Crippen LogP contribution is 2.35. The molecule has 36 heavy (non-hydrogen) atoms. The molecule has 0 aliphatic carbocycles. The maximum absolute atomic E-state index is 13.6. The third kappa shape index (κ3) is 5.87. The number of thioether (sulfide) groups is 1. The number of benzene rings is 2. The monoisotopic (exact) mass is 509 g/mol. The lowest BCUT2D eigenvalue weighted by atomic mass is 9.84. The van der Waals surface area contributed by atoms with Crippen LogP contribution in [0.25, 0.3) is 0 Å². The third-order valence-corrected chi connectivity index (χ3v) is 8.59. The van der Waals surface area contributed by atoms with Gasteiger partial charge in [0.15, 0.2) is 17.2 Å². The molecule has 2 unspecified atom stereocenters. The van der Waals surface area contributed by atoms with Gasteiger partial charge < -0.3 is 9.47 Å². The Morgan fingerprint density at radius 3 is 2.25 bits per heavy atom. The van der Waals surface area contributed by atoms with Crippen LogP contribution < -0.4 is 4.74 Å². The van der Waals surface area contributed by atoms with Gasteiger partial charge in [0.2, 0.25) is 0 Å². The second-order valence-electron chi connectivity index (χ2n) is 10.9. The van der Waals surface area contributed by atoms with E-state index in [4.69, 9.17) is 9.47 Å². The largest absolute Gasteiger partial charge is 0.480 e. The smallest absolute Gasteiger partial charge is 0.172 e. The Balaban J connectivity index is 1.48. The highest BCUT2D eigenvalue weighted by molar-refractivity contribution is 7.98. The SMILES string of the molecule is CSc1ccc(C(=O)C2CN(C3COC3)CC2CCc2cc(C)c(OC(C)(C)C(C)=O)c(C)c2)cc1. The fourth-order valence-corrected chi connectivity index (χ4v) is 5.63. The molecule has 2 fully saturated rings. The molecule has 2 aliphatic heterocycles. The van der Waals surface area contributed by atoms with E-state index >= 15 is 0 Å². The number of carbonyl (C=O) groups excluding carboxylic acids is 2. The number of Topliss-reactive ketones (excluding diaryl/α,β-unsaturated/α-hetero) is 2. The maximum Gasteiger partial charge on any atom is 0.172 e. The molecule has 0 saturated carbocycles. The highest BCUT2D eigenvalue weighted by atomic mass is 32.2. The quantitative estimate of drug-likeness (QED) is 0.310. The van der Waals surface area contributed by atoms with Crippen LogP contribution in [0.5, 0.6) is 5.75 Å². The first-order valence-corrected chi connectivity index (χ1v) is 14.1. The van der Waals surface area contributed by atoms with E-state index in [0.29, 0.717) is 12.0 Å². The van der Waals surface area contributed by atoms with Crippen molar-refractivity contribution < 1.29 is 19.1 Å². The van der Waals surface area contributed by atoms with Crippen molar-refractivity contribution in [3.05, 3.63) is 58.7 Å². The number of ketones is 2. The van der Waals surface area contributed by atoms with E-state index in [0.717, 1.165) is 61.6 Å². The lowest BCUT2D eigenvalue weighted by Crippen LogP contribution is -2.48. The summed E-state index contributed by atoms with van der Waals surface area (Å²) in [6, 6.07) is 12.8. The van der Waals surface area contributed by atoms with Gasteiger partial charge in [0.25, 0.3) is 0 Å². The van der Waals surface area contributed by atoms with Crippen LogP contribution in [-0.2, 0) is 16.0 Å². The number of nitrogens with zero attached hydrogens (tertiary/aromatic N) is 1. The van der Waals surface area contributed by atoms with Crippen LogP contribution in [0, 0.1) is 25.7 Å². The molecule has 0 amide bonds. The van der Waals surface area contributed by atoms with E-state index in [1.165, 1.54) is 10.5 Å². The summed E-state index contributed by atoms with van der Waals surface area (Å²) < 4.78 is 11.6. The standard InChI is InChI=1S/C30H39NO4S/c1-19-13-22(14-20(2)29(19)35-30(4,5)21(3)32)7-8-24-15-31(25-17-34-18-25)16-27(24)28(33)23-9-11-26(36-6)12-10-23/h9-14,24-25,27H,7-8,15-18H2,1-6H3. The Morgan fingerprint density at radius 1 is 1.08 bits per heavy atom. The molecule has 2 atom stereocenters. The van der Waals surface area contributed by atoms with Crippen LogP contribution in [-0.4, -0.2) is 60.7 Å². The summed E-state index contributed by atoms with van der Waals surface area (Å²) >= 11 is 1.69. The Bertz CT molecular complexity index is 1080. The van der Waals surface area contributed by atoms with Crippen LogP contribution in [0.3, 0.4) is 0 Å².